The second-order valence-electron chi connectivity index (χ2n) is 4.00. The molecule has 1 heterocycles. The van der Waals surface area contributed by atoms with Gasteiger partial charge in [-0.3, -0.25) is 0 Å². The number of nitrogens with zero attached hydrogens (tertiary/aromatic N) is 2. The van der Waals surface area contributed by atoms with Crippen LogP contribution in [-0.4, -0.2) is 10.2 Å². The summed E-state index contributed by atoms with van der Waals surface area (Å²) in [5.41, 5.74) is 2.73. The number of hydrogen-bond donors (Lipinski definition) is 0. The first-order chi connectivity index (χ1) is 8.56. The summed E-state index contributed by atoms with van der Waals surface area (Å²) in [5, 5.41) is 8.79. The maximum Gasteiger partial charge on any atom is 0.151 e. The van der Waals surface area contributed by atoms with Crippen molar-refractivity contribution < 1.29 is 4.74 Å². The van der Waals surface area contributed by atoms with Crippen molar-refractivity contribution in [2.45, 2.75) is 20.5 Å². The van der Waals surface area contributed by atoms with Gasteiger partial charge in [0.05, 0.1) is 0 Å². The fourth-order valence-corrected chi connectivity index (χ4v) is 2.12. The lowest BCUT2D eigenvalue weighted by atomic mass is 10.1. The van der Waals surface area contributed by atoms with E-state index in [1.165, 1.54) is 0 Å². The Morgan fingerprint density at radius 2 is 1.72 bits per heavy atom. The average Bonchev–Trinajstić information content (AvgIpc) is 2.30. The Balaban J connectivity index is 2.13. The maximum atomic E-state index is 5.96. The molecule has 1 aromatic heterocycles. The van der Waals surface area contributed by atoms with Crippen molar-refractivity contribution >= 4 is 23.2 Å². The molecule has 0 bridgehead atoms. The minimum Gasteiger partial charge on any atom is -0.487 e. The molecule has 0 aliphatic heterocycles. The number of rotatable bonds is 3. The van der Waals surface area contributed by atoms with Crippen LogP contribution in [0.1, 0.15) is 16.8 Å². The van der Waals surface area contributed by atoms with E-state index in [0.717, 1.165) is 22.6 Å². The van der Waals surface area contributed by atoms with E-state index in [4.69, 9.17) is 27.9 Å². The van der Waals surface area contributed by atoms with Gasteiger partial charge in [0.1, 0.15) is 18.1 Å². The van der Waals surface area contributed by atoms with Crippen LogP contribution < -0.4 is 4.74 Å². The molecule has 1 aromatic carbocycles. The first-order valence-electron chi connectivity index (χ1n) is 5.44. The molecule has 5 heteroatoms. The highest BCUT2D eigenvalue weighted by Crippen LogP contribution is 2.27. The van der Waals surface area contributed by atoms with Gasteiger partial charge in [0.2, 0.25) is 0 Å². The van der Waals surface area contributed by atoms with Crippen LogP contribution in [0.2, 0.25) is 10.2 Å². The molecule has 0 saturated carbocycles. The van der Waals surface area contributed by atoms with E-state index in [1.54, 1.807) is 12.1 Å². The lowest BCUT2D eigenvalue weighted by Crippen LogP contribution is -2.02. The molecule has 0 radical (unpaired) electrons. The van der Waals surface area contributed by atoms with Crippen LogP contribution in [0.3, 0.4) is 0 Å². The van der Waals surface area contributed by atoms with Crippen molar-refractivity contribution in [1.29, 1.82) is 0 Å². The van der Waals surface area contributed by atoms with Crippen molar-refractivity contribution in [3.63, 3.8) is 0 Å². The van der Waals surface area contributed by atoms with Gasteiger partial charge in [-0.25, -0.2) is 0 Å². The second kappa shape index (κ2) is 5.55. The molecule has 0 saturated heterocycles. The highest BCUT2D eigenvalue weighted by Gasteiger charge is 2.06. The fraction of sp³-hybridized carbons (Fsp3) is 0.231. The predicted octanol–water partition coefficient (Wildman–Crippen LogP) is 3.98. The third-order valence-corrected chi connectivity index (χ3v) is 2.90. The van der Waals surface area contributed by atoms with Crippen molar-refractivity contribution in [1.82, 2.24) is 10.2 Å². The van der Waals surface area contributed by atoms with Crippen LogP contribution in [0.5, 0.6) is 5.75 Å². The predicted molar refractivity (Wildman–Crippen MR) is 72.3 cm³/mol. The van der Waals surface area contributed by atoms with Crippen LogP contribution in [0.4, 0.5) is 0 Å². The van der Waals surface area contributed by atoms with Crippen molar-refractivity contribution in [3.05, 3.63) is 51.3 Å². The van der Waals surface area contributed by atoms with Gasteiger partial charge in [0.15, 0.2) is 5.15 Å². The first kappa shape index (κ1) is 13.1. The molecule has 2 aromatic rings. The molecule has 0 fully saturated rings. The van der Waals surface area contributed by atoms with Crippen LogP contribution in [-0.2, 0) is 6.61 Å². The molecule has 0 amide bonds. The van der Waals surface area contributed by atoms with Gasteiger partial charge in [-0.1, -0.05) is 23.2 Å². The van der Waals surface area contributed by atoms with E-state index < -0.39 is 0 Å². The maximum absolute atomic E-state index is 5.96. The second-order valence-corrected chi connectivity index (χ2v) is 4.83. The average molecular weight is 283 g/mol. The van der Waals surface area contributed by atoms with Crippen molar-refractivity contribution in [3.8, 4) is 5.75 Å². The molecular weight excluding hydrogens is 271 g/mol. The highest BCUT2D eigenvalue weighted by molar-refractivity contribution is 6.30. The Labute approximate surface area is 116 Å². The molecule has 94 valence electrons. The summed E-state index contributed by atoms with van der Waals surface area (Å²) in [6.07, 6.45) is 0. The minimum atomic E-state index is 0.355. The van der Waals surface area contributed by atoms with Gasteiger partial charge in [-0.15, -0.1) is 5.10 Å². The molecule has 0 N–H and O–H groups in total. The van der Waals surface area contributed by atoms with Crippen LogP contribution in [0.15, 0.2) is 24.3 Å². The number of hydrogen-bond acceptors (Lipinski definition) is 3. The Morgan fingerprint density at radius 1 is 1.06 bits per heavy atom. The molecule has 2 rings (SSSR count). The van der Waals surface area contributed by atoms with E-state index in [1.807, 2.05) is 26.0 Å². The first-order valence-corrected chi connectivity index (χ1v) is 6.19. The summed E-state index contributed by atoms with van der Waals surface area (Å²) in [6.45, 7) is 4.27. The molecule has 3 nitrogen and oxygen atoms in total. The van der Waals surface area contributed by atoms with Crippen LogP contribution >= 0.6 is 23.2 Å². The summed E-state index contributed by atoms with van der Waals surface area (Å²) in [7, 11) is 0. The fourth-order valence-electron chi connectivity index (χ4n) is 1.69. The van der Waals surface area contributed by atoms with Crippen LogP contribution in [0, 0.1) is 13.8 Å². The molecule has 18 heavy (non-hydrogen) atoms. The van der Waals surface area contributed by atoms with Gasteiger partial charge < -0.3 is 4.74 Å². The lowest BCUT2D eigenvalue weighted by molar-refractivity contribution is 0.296. The van der Waals surface area contributed by atoms with Gasteiger partial charge >= 0.3 is 0 Å². The SMILES string of the molecule is Cc1cc(Cl)cc(C)c1OCc1ccc(Cl)nn1. The summed E-state index contributed by atoms with van der Waals surface area (Å²) in [6, 6.07) is 7.22. The van der Waals surface area contributed by atoms with E-state index in [9.17, 15) is 0 Å². The summed E-state index contributed by atoms with van der Waals surface area (Å²) in [5.74, 6) is 0.830. The topological polar surface area (TPSA) is 35.0 Å². The Bertz CT molecular complexity index is 532. The molecule has 0 aliphatic carbocycles. The van der Waals surface area contributed by atoms with Gasteiger partial charge in [-0.05, 0) is 49.2 Å². The highest BCUT2D eigenvalue weighted by atomic mass is 35.5. The zero-order valence-corrected chi connectivity index (χ0v) is 11.6. The number of halogens is 2. The standard InChI is InChI=1S/C13H12Cl2N2O/c1-8-5-10(14)6-9(2)13(8)18-7-11-3-4-12(15)17-16-11/h3-6H,7H2,1-2H3. The van der Waals surface area contributed by atoms with E-state index in [-0.39, 0.29) is 0 Å². The van der Waals surface area contributed by atoms with E-state index >= 15 is 0 Å². The molecule has 0 atom stereocenters. The van der Waals surface area contributed by atoms with Gasteiger partial charge in [-0.2, -0.15) is 5.10 Å². The largest absolute Gasteiger partial charge is 0.487 e. The smallest absolute Gasteiger partial charge is 0.151 e. The van der Waals surface area contributed by atoms with Crippen molar-refractivity contribution in [2.24, 2.45) is 0 Å². The number of aryl methyl sites for hydroxylation is 2. The Morgan fingerprint density at radius 3 is 2.28 bits per heavy atom. The van der Waals surface area contributed by atoms with Crippen molar-refractivity contribution in [2.75, 3.05) is 0 Å². The third-order valence-electron chi connectivity index (χ3n) is 2.48. The Kier molecular flexibility index (Phi) is 4.04. The Hall–Kier alpha value is -1.32. The molecule has 0 spiro atoms. The van der Waals surface area contributed by atoms with Gasteiger partial charge in [0, 0.05) is 5.02 Å². The van der Waals surface area contributed by atoms with Crippen LogP contribution in [0.25, 0.3) is 0 Å². The quantitative estimate of drug-likeness (QED) is 0.854. The normalized spacial score (nSPS) is 10.4. The number of ether oxygens (including phenoxy) is 1. The summed E-state index contributed by atoms with van der Waals surface area (Å²) in [4.78, 5) is 0. The lowest BCUT2D eigenvalue weighted by Gasteiger charge is -2.12. The summed E-state index contributed by atoms with van der Waals surface area (Å²) < 4.78 is 5.74. The monoisotopic (exact) mass is 282 g/mol. The van der Waals surface area contributed by atoms with E-state index in [0.29, 0.717) is 16.8 Å². The van der Waals surface area contributed by atoms with E-state index in [2.05, 4.69) is 10.2 Å². The molecular formula is C13H12Cl2N2O. The molecule has 0 aliphatic rings. The van der Waals surface area contributed by atoms with Gasteiger partial charge in [0.25, 0.3) is 0 Å². The zero-order valence-electron chi connectivity index (χ0n) is 10.1. The number of aromatic nitrogens is 2. The number of benzene rings is 1. The zero-order chi connectivity index (χ0) is 13.1. The summed E-state index contributed by atoms with van der Waals surface area (Å²) >= 11 is 11.6. The molecule has 0 unspecified atom stereocenters. The third kappa shape index (κ3) is 3.12. The minimum absolute atomic E-state index is 0.355.